The lowest BCUT2D eigenvalue weighted by Gasteiger charge is -2.32. The first-order valence-electron chi connectivity index (χ1n) is 7.51. The van der Waals surface area contributed by atoms with Crippen LogP contribution in [-0.2, 0) is 4.79 Å². The van der Waals surface area contributed by atoms with Crippen LogP contribution >= 0.6 is 15.9 Å². The lowest BCUT2D eigenvalue weighted by molar-refractivity contribution is -0.114. The quantitative estimate of drug-likeness (QED) is 0.614. The van der Waals surface area contributed by atoms with E-state index in [9.17, 15) is 9.59 Å². The largest absolute Gasteiger partial charge is 0.304 e. The number of halogens is 1. The molecule has 0 radical (unpaired) electrons. The van der Waals surface area contributed by atoms with Crippen LogP contribution < -0.4 is 4.90 Å². The molecule has 3 rings (SSSR count). The zero-order valence-corrected chi connectivity index (χ0v) is 14.1. The normalized spacial score (nSPS) is 20.2. The molecule has 1 aromatic carbocycles. The number of carbonyl (C=O) groups is 2. The summed E-state index contributed by atoms with van der Waals surface area (Å²) >= 11 is 3.63. The molecule has 1 amide bonds. The molecule has 1 heterocycles. The molecule has 0 spiro atoms. The minimum absolute atomic E-state index is 0.119. The van der Waals surface area contributed by atoms with Crippen molar-refractivity contribution in [3.8, 4) is 0 Å². The summed E-state index contributed by atoms with van der Waals surface area (Å²) in [6, 6.07) is 3.93. The standard InChI is InChI=1S/C17H20BrNO2/c1-11-5-6-12(2)14-13(11)15(20)16(21)19(14)10-17(9-18)7-3-4-8-17/h5-6H,3-4,7-10H2,1-2H3. The highest BCUT2D eigenvalue weighted by Gasteiger charge is 2.43. The first-order chi connectivity index (χ1) is 9.99. The highest BCUT2D eigenvalue weighted by atomic mass is 79.9. The number of alkyl halides is 1. The van der Waals surface area contributed by atoms with E-state index in [1.165, 1.54) is 12.8 Å². The van der Waals surface area contributed by atoms with E-state index in [0.717, 1.165) is 35.0 Å². The van der Waals surface area contributed by atoms with Crippen LogP contribution in [0, 0.1) is 19.3 Å². The number of aryl methyl sites for hydroxylation is 2. The van der Waals surface area contributed by atoms with Crippen LogP contribution in [0.15, 0.2) is 12.1 Å². The average molecular weight is 350 g/mol. The Morgan fingerprint density at radius 1 is 1.14 bits per heavy atom. The molecule has 21 heavy (non-hydrogen) atoms. The van der Waals surface area contributed by atoms with Crippen molar-refractivity contribution in [2.24, 2.45) is 5.41 Å². The number of fused-ring (bicyclic) bond motifs is 1. The van der Waals surface area contributed by atoms with Crippen molar-refractivity contribution >= 4 is 33.3 Å². The van der Waals surface area contributed by atoms with E-state index in [2.05, 4.69) is 15.9 Å². The smallest absolute Gasteiger partial charge is 0.299 e. The molecule has 0 N–H and O–H groups in total. The zero-order valence-electron chi connectivity index (χ0n) is 12.5. The number of carbonyl (C=O) groups excluding carboxylic acids is 2. The van der Waals surface area contributed by atoms with E-state index in [4.69, 9.17) is 0 Å². The van der Waals surface area contributed by atoms with Crippen LogP contribution in [0.3, 0.4) is 0 Å². The molecule has 0 bridgehead atoms. The molecule has 1 aliphatic heterocycles. The average Bonchev–Trinajstić information content (AvgIpc) is 3.03. The van der Waals surface area contributed by atoms with Crippen molar-refractivity contribution in [1.82, 2.24) is 0 Å². The van der Waals surface area contributed by atoms with E-state index in [-0.39, 0.29) is 17.1 Å². The predicted octanol–water partition coefficient (Wildman–Crippen LogP) is 3.79. The summed E-state index contributed by atoms with van der Waals surface area (Å²) in [6.45, 7) is 4.54. The van der Waals surface area contributed by atoms with Crippen molar-refractivity contribution in [3.63, 3.8) is 0 Å². The van der Waals surface area contributed by atoms with Crippen LogP contribution in [0.4, 0.5) is 5.69 Å². The maximum absolute atomic E-state index is 12.5. The molecule has 0 aromatic heterocycles. The number of ketones is 1. The second-order valence-corrected chi connectivity index (χ2v) is 7.04. The molecular weight excluding hydrogens is 330 g/mol. The number of benzene rings is 1. The molecule has 1 aromatic rings. The maximum Gasteiger partial charge on any atom is 0.299 e. The molecule has 112 valence electrons. The molecule has 0 atom stereocenters. The number of hydrogen-bond acceptors (Lipinski definition) is 2. The third-order valence-corrected chi connectivity index (χ3v) is 6.16. The minimum Gasteiger partial charge on any atom is -0.304 e. The van der Waals surface area contributed by atoms with Crippen molar-refractivity contribution in [2.45, 2.75) is 39.5 Å². The van der Waals surface area contributed by atoms with E-state index in [0.29, 0.717) is 12.1 Å². The molecule has 0 unspecified atom stereocenters. The van der Waals surface area contributed by atoms with Crippen molar-refractivity contribution in [2.75, 3.05) is 16.8 Å². The molecule has 0 saturated heterocycles. The number of anilines is 1. The van der Waals surface area contributed by atoms with E-state index < -0.39 is 0 Å². The van der Waals surface area contributed by atoms with Gasteiger partial charge in [0.2, 0.25) is 0 Å². The summed E-state index contributed by atoms with van der Waals surface area (Å²) in [7, 11) is 0. The molecule has 1 aliphatic carbocycles. The highest BCUT2D eigenvalue weighted by Crippen LogP contribution is 2.43. The Morgan fingerprint density at radius 3 is 2.38 bits per heavy atom. The van der Waals surface area contributed by atoms with Gasteiger partial charge in [-0.3, -0.25) is 9.59 Å². The first-order valence-corrected chi connectivity index (χ1v) is 8.64. The molecule has 4 heteroatoms. The van der Waals surface area contributed by atoms with Crippen molar-refractivity contribution < 1.29 is 9.59 Å². The summed E-state index contributed by atoms with van der Waals surface area (Å²) in [5, 5.41) is 0.887. The van der Waals surface area contributed by atoms with Gasteiger partial charge in [0.1, 0.15) is 0 Å². The van der Waals surface area contributed by atoms with Crippen LogP contribution in [0.25, 0.3) is 0 Å². The monoisotopic (exact) mass is 349 g/mol. The molecule has 2 aliphatic rings. The lowest BCUT2D eigenvalue weighted by atomic mass is 9.88. The molecular formula is C17H20BrNO2. The Morgan fingerprint density at radius 2 is 1.76 bits per heavy atom. The summed E-state index contributed by atoms with van der Waals surface area (Å²) < 4.78 is 0. The van der Waals surface area contributed by atoms with Gasteiger partial charge in [0.15, 0.2) is 0 Å². The van der Waals surface area contributed by atoms with Gasteiger partial charge in [0, 0.05) is 11.9 Å². The van der Waals surface area contributed by atoms with Crippen LogP contribution in [-0.4, -0.2) is 23.6 Å². The van der Waals surface area contributed by atoms with Gasteiger partial charge in [-0.05, 0) is 43.2 Å². The van der Waals surface area contributed by atoms with Gasteiger partial charge in [0.05, 0.1) is 11.3 Å². The topological polar surface area (TPSA) is 37.4 Å². The third kappa shape index (κ3) is 2.24. The number of nitrogens with zero attached hydrogens (tertiary/aromatic N) is 1. The number of hydrogen-bond donors (Lipinski definition) is 0. The van der Waals surface area contributed by atoms with Crippen LogP contribution in [0.2, 0.25) is 0 Å². The zero-order chi connectivity index (χ0) is 15.2. The third-order valence-electron chi connectivity index (χ3n) is 4.97. The highest BCUT2D eigenvalue weighted by molar-refractivity contribution is 9.09. The van der Waals surface area contributed by atoms with Gasteiger partial charge in [-0.15, -0.1) is 0 Å². The predicted molar refractivity (Wildman–Crippen MR) is 87.3 cm³/mol. The molecule has 1 fully saturated rings. The lowest BCUT2D eigenvalue weighted by Crippen LogP contribution is -2.40. The second kappa shape index (κ2) is 5.24. The first kappa shape index (κ1) is 14.8. The number of amides is 1. The van der Waals surface area contributed by atoms with Crippen molar-refractivity contribution in [1.29, 1.82) is 0 Å². The fourth-order valence-electron chi connectivity index (χ4n) is 3.71. The SMILES string of the molecule is Cc1ccc(C)c2c1C(=O)C(=O)N2CC1(CBr)CCCC1. The van der Waals surface area contributed by atoms with E-state index >= 15 is 0 Å². The summed E-state index contributed by atoms with van der Waals surface area (Å²) in [6.07, 6.45) is 4.66. The Bertz CT molecular complexity index is 617. The molecule has 3 nitrogen and oxygen atoms in total. The Hall–Kier alpha value is -1.16. The number of Topliss-reactive ketones (excluding diaryl/α,β-unsaturated/α-hetero) is 1. The number of rotatable bonds is 3. The van der Waals surface area contributed by atoms with Crippen LogP contribution in [0.1, 0.15) is 47.2 Å². The fraction of sp³-hybridized carbons (Fsp3) is 0.529. The maximum atomic E-state index is 12.5. The van der Waals surface area contributed by atoms with E-state index in [1.807, 2.05) is 26.0 Å². The van der Waals surface area contributed by atoms with E-state index in [1.54, 1.807) is 4.90 Å². The van der Waals surface area contributed by atoms with Gasteiger partial charge < -0.3 is 4.90 Å². The Balaban J connectivity index is 2.04. The summed E-state index contributed by atoms with van der Waals surface area (Å²) in [4.78, 5) is 26.6. The minimum atomic E-state index is -0.352. The summed E-state index contributed by atoms with van der Waals surface area (Å²) in [5.41, 5.74) is 3.49. The Kier molecular flexibility index (Phi) is 3.68. The van der Waals surface area contributed by atoms with Gasteiger partial charge in [0.25, 0.3) is 11.7 Å². The van der Waals surface area contributed by atoms with Crippen LogP contribution in [0.5, 0.6) is 0 Å². The fourth-order valence-corrected chi connectivity index (χ4v) is 4.45. The van der Waals surface area contributed by atoms with Gasteiger partial charge in [-0.25, -0.2) is 0 Å². The van der Waals surface area contributed by atoms with Crippen molar-refractivity contribution in [3.05, 3.63) is 28.8 Å². The molecule has 1 saturated carbocycles. The second-order valence-electron chi connectivity index (χ2n) is 6.48. The Labute approximate surface area is 133 Å². The van der Waals surface area contributed by atoms with Gasteiger partial charge in [-0.1, -0.05) is 40.9 Å². The van der Waals surface area contributed by atoms with Gasteiger partial charge >= 0.3 is 0 Å². The summed E-state index contributed by atoms with van der Waals surface area (Å²) in [5.74, 6) is -0.691. The van der Waals surface area contributed by atoms with Gasteiger partial charge in [-0.2, -0.15) is 0 Å².